The summed E-state index contributed by atoms with van der Waals surface area (Å²) in [6, 6.07) is 16.3. The van der Waals surface area contributed by atoms with Crippen LogP contribution in [-0.4, -0.2) is 20.8 Å². The molecule has 1 heterocycles. The number of carbonyl (C=O) groups excluding carboxylic acids is 1. The predicted octanol–water partition coefficient (Wildman–Crippen LogP) is 2.63. The molecule has 0 saturated heterocycles. The average molecular weight is 360 g/mol. The Labute approximate surface area is 147 Å². The van der Waals surface area contributed by atoms with E-state index in [2.05, 4.69) is 10.2 Å². The lowest BCUT2D eigenvalue weighted by Crippen LogP contribution is -2.20. The van der Waals surface area contributed by atoms with Crippen LogP contribution in [0.5, 0.6) is 0 Å². The maximum Gasteiger partial charge on any atom is 0.235 e. The quantitative estimate of drug-likeness (QED) is 0.538. The van der Waals surface area contributed by atoms with E-state index in [0.29, 0.717) is 16.0 Å². The number of primary amides is 1. The number of amides is 1. The maximum atomic E-state index is 11.8. The van der Waals surface area contributed by atoms with Gasteiger partial charge in [0, 0.05) is 10.6 Å². The molecule has 2 aromatic carbocycles. The Balaban J connectivity index is 1.90. The smallest absolute Gasteiger partial charge is 0.235 e. The number of thioether (sulfide) groups is 1. The number of benzene rings is 2. The van der Waals surface area contributed by atoms with E-state index in [4.69, 9.17) is 23.2 Å². The third kappa shape index (κ3) is 3.37. The summed E-state index contributed by atoms with van der Waals surface area (Å²) in [5, 5.41) is 8.58. The summed E-state index contributed by atoms with van der Waals surface area (Å²) in [6.45, 7) is 0. The van der Waals surface area contributed by atoms with Crippen molar-refractivity contribution in [2.75, 3.05) is 5.84 Å². The molecule has 4 N–H and O–H groups in total. The lowest BCUT2D eigenvalue weighted by Gasteiger charge is -2.12. The van der Waals surface area contributed by atoms with Crippen molar-refractivity contribution in [2.45, 2.75) is 10.4 Å². The molecule has 1 aromatic heterocycles. The van der Waals surface area contributed by atoms with Crippen LogP contribution in [0, 0.1) is 0 Å². The highest BCUT2D eigenvalue weighted by Gasteiger charge is 2.23. The molecule has 0 aliphatic carbocycles. The summed E-state index contributed by atoms with van der Waals surface area (Å²) < 4.78 is 1.34. The molecule has 1 unspecified atom stereocenters. The van der Waals surface area contributed by atoms with E-state index < -0.39 is 11.2 Å². The van der Waals surface area contributed by atoms with E-state index in [9.17, 15) is 4.79 Å². The van der Waals surface area contributed by atoms with E-state index in [-0.39, 0.29) is 0 Å². The van der Waals surface area contributed by atoms with Crippen LogP contribution in [0.3, 0.4) is 0 Å². The molecule has 0 radical (unpaired) electrons. The van der Waals surface area contributed by atoms with Gasteiger partial charge in [-0.15, -0.1) is 10.2 Å². The lowest BCUT2D eigenvalue weighted by atomic mass is 10.1. The van der Waals surface area contributed by atoms with Crippen molar-refractivity contribution < 1.29 is 4.79 Å². The average Bonchev–Trinajstić information content (AvgIpc) is 2.94. The number of rotatable bonds is 5. The third-order valence-corrected chi connectivity index (χ3v) is 4.83. The molecule has 0 saturated carbocycles. The van der Waals surface area contributed by atoms with Gasteiger partial charge in [-0.1, -0.05) is 53.7 Å². The summed E-state index contributed by atoms with van der Waals surface area (Å²) in [5.41, 5.74) is 7.09. The van der Waals surface area contributed by atoms with Crippen molar-refractivity contribution in [1.82, 2.24) is 14.9 Å². The van der Waals surface area contributed by atoms with E-state index in [1.165, 1.54) is 4.68 Å². The van der Waals surface area contributed by atoms with Crippen molar-refractivity contribution in [3.63, 3.8) is 0 Å². The number of carbonyl (C=O) groups is 1. The van der Waals surface area contributed by atoms with Gasteiger partial charge in [0.05, 0.1) is 0 Å². The highest BCUT2D eigenvalue weighted by atomic mass is 35.5. The molecule has 1 atom stereocenters. The molecule has 0 aliphatic heterocycles. The second kappa shape index (κ2) is 6.94. The predicted molar refractivity (Wildman–Crippen MR) is 94.9 cm³/mol. The van der Waals surface area contributed by atoms with Crippen LogP contribution in [0.2, 0.25) is 5.02 Å². The lowest BCUT2D eigenvalue weighted by molar-refractivity contribution is -0.117. The fourth-order valence-corrected chi connectivity index (χ4v) is 3.21. The van der Waals surface area contributed by atoms with Crippen LogP contribution < -0.4 is 11.6 Å². The normalized spacial score (nSPS) is 12.0. The Bertz CT molecular complexity index is 851. The molecule has 122 valence electrons. The highest BCUT2D eigenvalue weighted by Crippen LogP contribution is 2.34. The molecule has 3 rings (SSSR count). The fraction of sp³-hybridized carbons (Fsp3) is 0.0625. The fourth-order valence-electron chi connectivity index (χ4n) is 2.18. The molecule has 0 bridgehead atoms. The molecule has 24 heavy (non-hydrogen) atoms. The number of aromatic nitrogens is 3. The molecule has 8 heteroatoms. The Morgan fingerprint density at radius 3 is 2.38 bits per heavy atom. The van der Waals surface area contributed by atoms with Gasteiger partial charge in [-0.25, -0.2) is 4.68 Å². The van der Waals surface area contributed by atoms with Crippen LogP contribution in [0.1, 0.15) is 10.8 Å². The molecule has 3 aromatic rings. The summed E-state index contributed by atoms with van der Waals surface area (Å²) >= 11 is 7.04. The van der Waals surface area contributed by atoms with Gasteiger partial charge in [0.2, 0.25) is 11.1 Å². The molecular formula is C16H14ClN5OS. The first-order chi connectivity index (χ1) is 11.6. The van der Waals surface area contributed by atoms with Crippen molar-refractivity contribution >= 4 is 29.3 Å². The number of nitrogen functional groups attached to an aromatic ring is 1. The van der Waals surface area contributed by atoms with Crippen molar-refractivity contribution in [1.29, 1.82) is 0 Å². The number of hydrogen-bond donors (Lipinski definition) is 2. The molecule has 0 spiro atoms. The van der Waals surface area contributed by atoms with Gasteiger partial charge < -0.3 is 11.6 Å². The molecule has 0 fully saturated rings. The topological polar surface area (TPSA) is 99.8 Å². The van der Waals surface area contributed by atoms with Crippen LogP contribution in [0.25, 0.3) is 11.4 Å². The van der Waals surface area contributed by atoms with Crippen LogP contribution >= 0.6 is 23.4 Å². The van der Waals surface area contributed by atoms with Crippen molar-refractivity contribution in [2.24, 2.45) is 5.73 Å². The molecule has 0 aliphatic rings. The first kappa shape index (κ1) is 16.4. The minimum Gasteiger partial charge on any atom is -0.368 e. The molecular weight excluding hydrogens is 346 g/mol. The Hall–Kier alpha value is -2.51. The zero-order valence-electron chi connectivity index (χ0n) is 12.5. The largest absolute Gasteiger partial charge is 0.368 e. The summed E-state index contributed by atoms with van der Waals surface area (Å²) in [5.74, 6) is 6.09. The summed E-state index contributed by atoms with van der Waals surface area (Å²) in [6.07, 6.45) is 0. The maximum absolute atomic E-state index is 11.8. The standard InChI is InChI=1S/C16H14ClN5OS/c17-12-8-6-11(7-9-12)15-20-21-16(22(15)19)24-13(14(18)23)10-4-2-1-3-5-10/h1-9,13H,19H2,(H2,18,23). The Kier molecular flexibility index (Phi) is 4.73. The zero-order chi connectivity index (χ0) is 17.1. The third-order valence-electron chi connectivity index (χ3n) is 3.35. The van der Waals surface area contributed by atoms with Gasteiger partial charge in [0.25, 0.3) is 0 Å². The van der Waals surface area contributed by atoms with Crippen molar-refractivity contribution in [3.05, 3.63) is 65.2 Å². The zero-order valence-corrected chi connectivity index (χ0v) is 14.0. The van der Waals surface area contributed by atoms with Gasteiger partial charge >= 0.3 is 0 Å². The first-order valence-corrected chi connectivity index (χ1v) is 8.29. The van der Waals surface area contributed by atoms with Gasteiger partial charge in [-0.3, -0.25) is 4.79 Å². The van der Waals surface area contributed by atoms with Gasteiger partial charge in [-0.05, 0) is 29.8 Å². The van der Waals surface area contributed by atoms with Crippen LogP contribution in [0.4, 0.5) is 0 Å². The number of hydrogen-bond acceptors (Lipinski definition) is 5. The van der Waals surface area contributed by atoms with Gasteiger partial charge in [0.15, 0.2) is 5.82 Å². The SMILES string of the molecule is NC(=O)C(Sc1nnc(-c2ccc(Cl)cc2)n1N)c1ccccc1. The van der Waals surface area contributed by atoms with E-state index in [0.717, 1.165) is 22.9 Å². The molecule has 1 amide bonds. The van der Waals surface area contributed by atoms with Crippen LogP contribution in [-0.2, 0) is 4.79 Å². The van der Waals surface area contributed by atoms with Gasteiger partial charge in [-0.2, -0.15) is 0 Å². The second-order valence-corrected chi connectivity index (χ2v) is 6.50. The minimum absolute atomic E-state index is 0.396. The van der Waals surface area contributed by atoms with Gasteiger partial charge in [0.1, 0.15) is 5.25 Å². The number of halogens is 1. The Morgan fingerprint density at radius 2 is 1.75 bits per heavy atom. The molecule has 6 nitrogen and oxygen atoms in total. The van der Waals surface area contributed by atoms with E-state index in [1.54, 1.807) is 24.3 Å². The minimum atomic E-state index is -0.601. The highest BCUT2D eigenvalue weighted by molar-refractivity contribution is 8.00. The number of nitrogens with two attached hydrogens (primary N) is 2. The summed E-state index contributed by atoms with van der Waals surface area (Å²) in [7, 11) is 0. The van der Waals surface area contributed by atoms with Crippen LogP contribution in [0.15, 0.2) is 59.8 Å². The first-order valence-electron chi connectivity index (χ1n) is 7.03. The number of nitrogens with zero attached hydrogens (tertiary/aromatic N) is 3. The monoisotopic (exact) mass is 359 g/mol. The van der Waals surface area contributed by atoms with Crippen molar-refractivity contribution in [3.8, 4) is 11.4 Å². The summed E-state index contributed by atoms with van der Waals surface area (Å²) in [4.78, 5) is 11.8. The Morgan fingerprint density at radius 1 is 1.08 bits per heavy atom. The van der Waals surface area contributed by atoms with E-state index in [1.807, 2.05) is 30.3 Å². The van der Waals surface area contributed by atoms with E-state index >= 15 is 0 Å². The second-order valence-electron chi connectivity index (χ2n) is 4.99.